The quantitative estimate of drug-likeness (QED) is 0.372. The van der Waals surface area contributed by atoms with Crippen LogP contribution in [0.3, 0.4) is 0 Å². The molecule has 0 saturated heterocycles. The van der Waals surface area contributed by atoms with E-state index >= 15 is 0 Å². The van der Waals surface area contributed by atoms with E-state index in [0.29, 0.717) is 11.4 Å². The van der Waals surface area contributed by atoms with Crippen LogP contribution in [-0.4, -0.2) is 0 Å². The van der Waals surface area contributed by atoms with E-state index in [9.17, 15) is 0 Å². The first-order valence-electron chi connectivity index (χ1n) is 2.61. The van der Waals surface area contributed by atoms with Crippen molar-refractivity contribution >= 4 is 11.4 Å². The van der Waals surface area contributed by atoms with E-state index in [1.807, 2.05) is 12.1 Å². The lowest BCUT2D eigenvalue weighted by molar-refractivity contribution is 1.49. The van der Waals surface area contributed by atoms with Gasteiger partial charge in [0.25, 0.3) is 0 Å². The second-order valence-corrected chi connectivity index (χ2v) is 1.63. The van der Waals surface area contributed by atoms with E-state index < -0.39 is 0 Å². The van der Waals surface area contributed by atoms with Gasteiger partial charge in [0.1, 0.15) is 0 Å². The van der Waals surface area contributed by atoms with Crippen molar-refractivity contribution in [3.05, 3.63) is 29.2 Å². The van der Waals surface area contributed by atoms with Gasteiger partial charge in [-0.15, -0.1) is 0 Å². The van der Waals surface area contributed by atoms with Gasteiger partial charge in [0.15, 0.2) is 0 Å². The van der Waals surface area contributed by atoms with Gasteiger partial charge in [-0.25, -0.2) is 0 Å². The maximum Gasteiger partial charge on any atom is 0.0547 e. The SMILES string of the molecule is N=O.Nc1ccccc1N. The maximum atomic E-state index is 7.50. The van der Waals surface area contributed by atoms with Gasteiger partial charge in [0, 0.05) is 0 Å². The minimum atomic E-state index is 0.646. The molecule has 0 saturated carbocycles. The molecule has 1 rings (SSSR count). The molecular weight excluding hydrogens is 130 g/mol. The number of nitrogen functional groups attached to an aromatic ring is 2. The molecule has 1 aromatic carbocycles. The van der Waals surface area contributed by atoms with Crippen LogP contribution in [0.5, 0.6) is 0 Å². The molecule has 0 bridgehead atoms. The molecule has 4 heteroatoms. The third kappa shape index (κ3) is 2.13. The first kappa shape index (κ1) is 8.42. The predicted octanol–water partition coefficient (Wildman–Crippen LogP) is 1.18. The van der Waals surface area contributed by atoms with Crippen LogP contribution in [0.1, 0.15) is 0 Å². The third-order valence-corrected chi connectivity index (χ3v) is 0.996. The molecule has 0 fully saturated rings. The summed E-state index contributed by atoms with van der Waals surface area (Å²) in [5.41, 5.74) is 16.6. The van der Waals surface area contributed by atoms with E-state index in [0.717, 1.165) is 0 Å². The highest BCUT2D eigenvalue weighted by molar-refractivity contribution is 5.62. The first-order chi connectivity index (χ1) is 4.80. The number of hydrogen-bond donors (Lipinski definition) is 3. The molecule has 0 aliphatic rings. The molecule has 0 amide bonds. The third-order valence-electron chi connectivity index (χ3n) is 0.996. The van der Waals surface area contributed by atoms with Crippen molar-refractivity contribution in [3.63, 3.8) is 0 Å². The standard InChI is InChI=1S/C6H8N2.HNO/c7-5-3-1-2-4-6(5)8;1-2/h1-4H,7-8H2;1H. The number of nitrogens with two attached hydrogens (primary N) is 2. The molecule has 4 nitrogen and oxygen atoms in total. The Morgan fingerprint density at radius 3 is 1.50 bits per heavy atom. The Balaban J connectivity index is 0.000000371. The fraction of sp³-hybridized carbons (Fsp3) is 0. The maximum absolute atomic E-state index is 7.50. The van der Waals surface area contributed by atoms with Gasteiger partial charge in [-0.3, -0.25) is 0 Å². The van der Waals surface area contributed by atoms with Crippen LogP contribution in [0.25, 0.3) is 0 Å². The van der Waals surface area contributed by atoms with Gasteiger partial charge < -0.3 is 11.5 Å². The molecule has 1 aromatic rings. The molecule has 10 heavy (non-hydrogen) atoms. The highest BCUT2D eigenvalue weighted by atomic mass is 16.2. The summed E-state index contributed by atoms with van der Waals surface area (Å²) in [6, 6.07) is 7.25. The van der Waals surface area contributed by atoms with Crippen LogP contribution < -0.4 is 11.5 Å². The zero-order valence-corrected chi connectivity index (χ0v) is 5.37. The van der Waals surface area contributed by atoms with Crippen LogP contribution >= 0.6 is 0 Å². The summed E-state index contributed by atoms with van der Waals surface area (Å²) in [6.45, 7) is 0. The van der Waals surface area contributed by atoms with Crippen molar-refractivity contribution in [1.29, 1.82) is 5.59 Å². The Labute approximate surface area is 58.6 Å². The van der Waals surface area contributed by atoms with E-state index in [1.165, 1.54) is 0 Å². The van der Waals surface area contributed by atoms with Crippen molar-refractivity contribution in [2.75, 3.05) is 11.5 Å². The monoisotopic (exact) mass is 139 g/mol. The molecule has 0 atom stereocenters. The summed E-state index contributed by atoms with van der Waals surface area (Å²) in [7, 11) is 0. The van der Waals surface area contributed by atoms with Crippen molar-refractivity contribution in [2.45, 2.75) is 0 Å². The minimum Gasteiger partial charge on any atom is -0.397 e. The predicted molar refractivity (Wildman–Crippen MR) is 41.4 cm³/mol. The Kier molecular flexibility index (Phi) is 3.63. The smallest absolute Gasteiger partial charge is 0.0547 e. The van der Waals surface area contributed by atoms with Crippen LogP contribution in [0.2, 0.25) is 0 Å². The average Bonchev–Trinajstić information content (AvgIpc) is 2.00. The number of rotatable bonds is 0. The average molecular weight is 139 g/mol. The second-order valence-electron chi connectivity index (χ2n) is 1.63. The number of para-hydroxylation sites is 2. The fourth-order valence-electron chi connectivity index (χ4n) is 0.511. The zero-order chi connectivity index (χ0) is 7.98. The molecule has 0 unspecified atom stereocenters. The summed E-state index contributed by atoms with van der Waals surface area (Å²) in [6.07, 6.45) is 0. The molecule has 0 aromatic heterocycles. The number of anilines is 2. The van der Waals surface area contributed by atoms with Crippen molar-refractivity contribution in [2.24, 2.45) is 0 Å². The van der Waals surface area contributed by atoms with Crippen LogP contribution in [0.15, 0.2) is 24.3 Å². The largest absolute Gasteiger partial charge is 0.397 e. The Morgan fingerprint density at radius 1 is 1.00 bits per heavy atom. The van der Waals surface area contributed by atoms with E-state index in [1.54, 1.807) is 12.1 Å². The van der Waals surface area contributed by atoms with Gasteiger partial charge >= 0.3 is 0 Å². The van der Waals surface area contributed by atoms with Gasteiger partial charge in [0.2, 0.25) is 0 Å². The molecule has 0 aliphatic carbocycles. The molecule has 54 valence electrons. The van der Waals surface area contributed by atoms with Crippen molar-refractivity contribution < 1.29 is 0 Å². The lowest BCUT2D eigenvalue weighted by Crippen LogP contribution is -1.91. The zero-order valence-electron chi connectivity index (χ0n) is 5.37. The topological polar surface area (TPSA) is 93.0 Å². The van der Waals surface area contributed by atoms with Gasteiger partial charge in [0.05, 0.1) is 11.4 Å². The summed E-state index contributed by atoms with van der Waals surface area (Å²) < 4.78 is 0. The molecular formula is C6H9N3O. The van der Waals surface area contributed by atoms with Crippen LogP contribution in [-0.2, 0) is 0 Å². The number of benzene rings is 1. The normalized spacial score (nSPS) is 7.60. The molecule has 0 spiro atoms. The van der Waals surface area contributed by atoms with Crippen molar-refractivity contribution in [1.82, 2.24) is 0 Å². The lowest BCUT2D eigenvalue weighted by atomic mass is 10.3. The van der Waals surface area contributed by atoms with Gasteiger partial charge in [-0.05, 0) is 12.1 Å². The van der Waals surface area contributed by atoms with Gasteiger partial charge in [-0.2, -0.15) is 4.91 Å². The first-order valence-corrected chi connectivity index (χ1v) is 2.61. The van der Waals surface area contributed by atoms with E-state index in [2.05, 4.69) is 5.59 Å². The summed E-state index contributed by atoms with van der Waals surface area (Å²) >= 11 is 0. The molecule has 0 radical (unpaired) electrons. The molecule has 5 N–H and O–H groups in total. The summed E-state index contributed by atoms with van der Waals surface area (Å²) in [5, 5.41) is 0. The van der Waals surface area contributed by atoms with E-state index in [-0.39, 0.29) is 0 Å². The summed E-state index contributed by atoms with van der Waals surface area (Å²) in [5.74, 6) is 0. The highest BCUT2D eigenvalue weighted by Gasteiger charge is 1.85. The number of nitroso groups, excluding NO2 is 1. The fourth-order valence-corrected chi connectivity index (χ4v) is 0.511. The Hall–Kier alpha value is -1.58. The Bertz CT molecular complexity index is 181. The highest BCUT2D eigenvalue weighted by Crippen LogP contribution is 2.10. The molecule has 0 aliphatic heterocycles. The van der Waals surface area contributed by atoms with Crippen LogP contribution in [0.4, 0.5) is 11.4 Å². The van der Waals surface area contributed by atoms with E-state index in [4.69, 9.17) is 16.4 Å². The molecule has 0 heterocycles. The summed E-state index contributed by atoms with van der Waals surface area (Å²) in [4.78, 5) is 7.50. The van der Waals surface area contributed by atoms with Crippen LogP contribution in [0, 0.1) is 10.5 Å². The van der Waals surface area contributed by atoms with Crippen molar-refractivity contribution in [3.8, 4) is 0 Å². The Morgan fingerprint density at radius 2 is 1.30 bits per heavy atom. The van der Waals surface area contributed by atoms with Gasteiger partial charge in [-0.1, -0.05) is 17.7 Å². The lowest BCUT2D eigenvalue weighted by Gasteiger charge is -1.94. The minimum absolute atomic E-state index is 0.646. The number of nitrogens with one attached hydrogen (secondary N) is 1. The second kappa shape index (κ2) is 4.31. The number of hydrogen-bond acceptors (Lipinski definition) is 4.